The van der Waals surface area contributed by atoms with Crippen LogP contribution in [0.2, 0.25) is 0 Å². The van der Waals surface area contributed by atoms with E-state index in [2.05, 4.69) is 32.9 Å². The van der Waals surface area contributed by atoms with Crippen LogP contribution in [0.25, 0.3) is 0 Å². The van der Waals surface area contributed by atoms with Crippen LogP contribution in [0.15, 0.2) is 12.1 Å². The molecule has 0 bridgehead atoms. The predicted octanol–water partition coefficient (Wildman–Crippen LogP) is 3.78. The fraction of sp³-hybridized carbons (Fsp3) is 0.611. The van der Waals surface area contributed by atoms with Crippen molar-refractivity contribution in [2.24, 2.45) is 5.73 Å². The third-order valence-corrected chi connectivity index (χ3v) is 4.15. The molecule has 2 rings (SSSR count). The molecular weight excluding hydrogens is 246 g/mol. The third kappa shape index (κ3) is 3.29. The van der Waals surface area contributed by atoms with Gasteiger partial charge in [0.15, 0.2) is 5.78 Å². The molecule has 0 aromatic heterocycles. The molecule has 1 aliphatic carbocycles. The first kappa shape index (κ1) is 15.2. The Hall–Kier alpha value is -1.15. The highest BCUT2D eigenvalue weighted by atomic mass is 16.1. The van der Waals surface area contributed by atoms with Crippen molar-refractivity contribution in [3.05, 3.63) is 34.4 Å². The van der Waals surface area contributed by atoms with Crippen molar-refractivity contribution in [3.8, 4) is 0 Å². The van der Waals surface area contributed by atoms with Crippen LogP contribution >= 0.6 is 0 Å². The number of hydrogen-bond acceptors (Lipinski definition) is 2. The fourth-order valence-corrected chi connectivity index (χ4v) is 3.06. The van der Waals surface area contributed by atoms with Crippen molar-refractivity contribution < 1.29 is 4.79 Å². The number of carbonyl (C=O) groups excluding carboxylic acids is 1. The quantitative estimate of drug-likeness (QED) is 0.907. The molecule has 110 valence electrons. The van der Waals surface area contributed by atoms with Crippen molar-refractivity contribution in [3.63, 3.8) is 0 Å². The Bertz CT molecular complexity index is 509. The van der Waals surface area contributed by atoms with Crippen LogP contribution in [0.4, 0.5) is 0 Å². The van der Waals surface area contributed by atoms with E-state index < -0.39 is 0 Å². The summed E-state index contributed by atoms with van der Waals surface area (Å²) in [7, 11) is 0. The molecule has 0 unspecified atom stereocenters. The lowest BCUT2D eigenvalue weighted by molar-refractivity contribution is 0.0994. The Labute approximate surface area is 122 Å². The number of carbonyl (C=O) groups is 1. The topological polar surface area (TPSA) is 43.1 Å². The molecule has 0 aliphatic heterocycles. The molecule has 0 saturated carbocycles. The van der Waals surface area contributed by atoms with Crippen molar-refractivity contribution in [1.82, 2.24) is 0 Å². The maximum absolute atomic E-state index is 12.1. The Morgan fingerprint density at radius 2 is 1.95 bits per heavy atom. The van der Waals surface area contributed by atoms with Gasteiger partial charge in [-0.25, -0.2) is 0 Å². The van der Waals surface area contributed by atoms with E-state index in [1.165, 1.54) is 16.7 Å². The van der Waals surface area contributed by atoms with Crippen LogP contribution in [0.3, 0.4) is 0 Å². The third-order valence-electron chi connectivity index (χ3n) is 4.15. The summed E-state index contributed by atoms with van der Waals surface area (Å²) < 4.78 is 0. The highest BCUT2D eigenvalue weighted by molar-refractivity contribution is 6.01. The second-order valence-electron chi connectivity index (χ2n) is 7.21. The van der Waals surface area contributed by atoms with E-state index in [1.54, 1.807) is 0 Å². The Morgan fingerprint density at radius 3 is 2.55 bits per heavy atom. The summed E-state index contributed by atoms with van der Waals surface area (Å²) in [6.07, 6.45) is 4.75. The van der Waals surface area contributed by atoms with Gasteiger partial charge in [0.1, 0.15) is 0 Å². The van der Waals surface area contributed by atoms with E-state index in [1.807, 2.05) is 6.92 Å². The molecule has 0 saturated heterocycles. The van der Waals surface area contributed by atoms with Gasteiger partial charge < -0.3 is 5.73 Å². The number of rotatable bonds is 4. The molecule has 1 aliphatic rings. The molecule has 2 heteroatoms. The highest BCUT2D eigenvalue weighted by Crippen LogP contribution is 2.34. The van der Waals surface area contributed by atoms with E-state index in [0.29, 0.717) is 12.2 Å². The van der Waals surface area contributed by atoms with Gasteiger partial charge in [0.05, 0.1) is 0 Å². The molecule has 1 aromatic carbocycles. The molecule has 0 radical (unpaired) electrons. The van der Waals surface area contributed by atoms with Crippen molar-refractivity contribution >= 4 is 5.78 Å². The van der Waals surface area contributed by atoms with Crippen LogP contribution < -0.4 is 5.73 Å². The van der Waals surface area contributed by atoms with E-state index in [-0.39, 0.29) is 11.5 Å². The molecule has 2 N–H and O–H groups in total. The first-order valence-electron chi connectivity index (χ1n) is 7.74. The average Bonchev–Trinajstić information content (AvgIpc) is 2.69. The van der Waals surface area contributed by atoms with Gasteiger partial charge in [-0.2, -0.15) is 0 Å². The van der Waals surface area contributed by atoms with E-state index >= 15 is 0 Å². The van der Waals surface area contributed by atoms with Gasteiger partial charge in [0.25, 0.3) is 0 Å². The predicted molar refractivity (Wildman–Crippen MR) is 84.4 cm³/mol. The number of ketones is 1. The number of nitrogens with two attached hydrogens (primary N) is 1. The van der Waals surface area contributed by atoms with Crippen molar-refractivity contribution in [1.29, 1.82) is 0 Å². The molecule has 0 fully saturated rings. The maximum atomic E-state index is 12.1. The summed E-state index contributed by atoms with van der Waals surface area (Å²) >= 11 is 0. The maximum Gasteiger partial charge on any atom is 0.163 e. The molecule has 2 nitrogen and oxygen atoms in total. The number of fused-ring (bicyclic) bond motifs is 1. The standard InChI is InChI=1S/C18H27NO/c1-12(19)6-5-7-13-10-15-14(8-9-17(15)20)16(11-13)18(2,3)4/h10-12H,5-9,19H2,1-4H3/t12-/m0/s1. The van der Waals surface area contributed by atoms with Crippen LogP contribution in [-0.4, -0.2) is 11.8 Å². The SMILES string of the molecule is C[C@H](N)CCCc1cc2c(c(C(C)(C)C)c1)CCC2=O. The molecule has 0 amide bonds. The summed E-state index contributed by atoms with van der Waals surface area (Å²) in [6.45, 7) is 8.75. The first-order chi connectivity index (χ1) is 9.29. The van der Waals surface area contributed by atoms with E-state index in [9.17, 15) is 4.79 Å². The van der Waals surface area contributed by atoms with Gasteiger partial charge in [-0.15, -0.1) is 0 Å². The minimum atomic E-state index is 0.103. The van der Waals surface area contributed by atoms with Crippen molar-refractivity contribution in [2.45, 2.75) is 71.3 Å². The van der Waals surface area contributed by atoms with Crippen molar-refractivity contribution in [2.75, 3.05) is 0 Å². The van der Waals surface area contributed by atoms with E-state index in [4.69, 9.17) is 5.73 Å². The van der Waals surface area contributed by atoms with Crippen LogP contribution in [0, 0.1) is 0 Å². The lowest BCUT2D eigenvalue weighted by atomic mass is 9.81. The fourth-order valence-electron chi connectivity index (χ4n) is 3.06. The molecule has 0 spiro atoms. The Balaban J connectivity index is 2.31. The second kappa shape index (κ2) is 5.69. The molecular formula is C18H27NO. The van der Waals surface area contributed by atoms with Gasteiger partial charge in [-0.05, 0) is 60.8 Å². The van der Waals surface area contributed by atoms with Gasteiger partial charge in [-0.1, -0.05) is 26.8 Å². The van der Waals surface area contributed by atoms with Gasteiger partial charge >= 0.3 is 0 Å². The monoisotopic (exact) mass is 273 g/mol. The largest absolute Gasteiger partial charge is 0.328 e. The molecule has 1 aromatic rings. The minimum absolute atomic E-state index is 0.103. The average molecular weight is 273 g/mol. The van der Waals surface area contributed by atoms with Crippen LogP contribution in [0.5, 0.6) is 0 Å². The number of aryl methyl sites for hydroxylation is 1. The molecule has 20 heavy (non-hydrogen) atoms. The summed E-state index contributed by atoms with van der Waals surface area (Å²) in [4.78, 5) is 12.1. The van der Waals surface area contributed by atoms with Crippen LogP contribution in [0.1, 0.15) is 74.0 Å². The number of Topliss-reactive ketones (excluding diaryl/α,β-unsaturated/α-hetero) is 1. The number of benzene rings is 1. The van der Waals surface area contributed by atoms with E-state index in [0.717, 1.165) is 31.2 Å². The van der Waals surface area contributed by atoms with Gasteiger partial charge in [0.2, 0.25) is 0 Å². The lowest BCUT2D eigenvalue weighted by Crippen LogP contribution is -2.16. The smallest absolute Gasteiger partial charge is 0.163 e. The highest BCUT2D eigenvalue weighted by Gasteiger charge is 2.27. The first-order valence-corrected chi connectivity index (χ1v) is 7.74. The summed E-state index contributed by atoms with van der Waals surface area (Å²) in [5, 5.41) is 0. The van der Waals surface area contributed by atoms with Gasteiger partial charge in [0, 0.05) is 18.0 Å². The zero-order chi connectivity index (χ0) is 14.9. The molecule has 1 atom stereocenters. The van der Waals surface area contributed by atoms with Crippen LogP contribution in [-0.2, 0) is 18.3 Å². The summed E-state index contributed by atoms with van der Waals surface area (Å²) in [5.41, 5.74) is 10.8. The Kier molecular flexibility index (Phi) is 4.33. The second-order valence-corrected chi connectivity index (χ2v) is 7.21. The lowest BCUT2D eigenvalue weighted by Gasteiger charge is -2.24. The summed E-state index contributed by atoms with van der Waals surface area (Å²) in [5.74, 6) is 0.319. The number of hydrogen-bond donors (Lipinski definition) is 1. The Morgan fingerprint density at radius 1 is 1.25 bits per heavy atom. The zero-order valence-electron chi connectivity index (χ0n) is 13.3. The van der Waals surface area contributed by atoms with Gasteiger partial charge in [-0.3, -0.25) is 4.79 Å². The minimum Gasteiger partial charge on any atom is -0.328 e. The summed E-state index contributed by atoms with van der Waals surface area (Å²) in [6, 6.07) is 4.70. The zero-order valence-corrected chi connectivity index (χ0v) is 13.3. The molecule has 0 heterocycles. The normalized spacial score (nSPS) is 16.4.